The highest BCUT2D eigenvalue weighted by Gasteiger charge is 2.31. The van der Waals surface area contributed by atoms with Crippen molar-refractivity contribution in [3.8, 4) is 11.8 Å². The summed E-state index contributed by atoms with van der Waals surface area (Å²) in [7, 11) is 0. The molecule has 0 amide bonds. The molecule has 3 rings (SSSR count). The SMILES string of the molecule is OCC(CO)Nc1nc(Nc2cccc(C(F)(F)F)c2)nc(Oc2cccc(C(F)(F)F)c2)n1. The molecule has 0 saturated heterocycles. The van der Waals surface area contributed by atoms with Crippen LogP contribution >= 0.6 is 0 Å². The van der Waals surface area contributed by atoms with Crippen molar-refractivity contribution in [1.82, 2.24) is 15.0 Å². The predicted octanol–water partition coefficient (Wildman–Crippen LogP) is 4.21. The minimum atomic E-state index is -4.63. The van der Waals surface area contributed by atoms with Gasteiger partial charge in [0.15, 0.2) is 0 Å². The third kappa shape index (κ3) is 6.68. The van der Waals surface area contributed by atoms with Crippen molar-refractivity contribution >= 4 is 17.6 Å². The largest absolute Gasteiger partial charge is 0.424 e. The van der Waals surface area contributed by atoms with Crippen LogP contribution in [0.2, 0.25) is 0 Å². The Morgan fingerprint density at radius 2 is 1.38 bits per heavy atom. The second kappa shape index (κ2) is 10.1. The average Bonchev–Trinajstić information content (AvgIpc) is 2.76. The van der Waals surface area contributed by atoms with Gasteiger partial charge < -0.3 is 25.6 Å². The lowest BCUT2D eigenvalue weighted by Gasteiger charge is -2.15. The number of halogens is 6. The topological polar surface area (TPSA) is 112 Å². The smallest absolute Gasteiger partial charge is 0.416 e. The summed E-state index contributed by atoms with van der Waals surface area (Å²) in [6.07, 6.45) is -9.23. The molecular formula is C20H17F6N5O3. The summed E-state index contributed by atoms with van der Waals surface area (Å²) < 4.78 is 83.2. The molecule has 0 unspecified atom stereocenters. The summed E-state index contributed by atoms with van der Waals surface area (Å²) in [5.74, 6) is -0.842. The molecule has 0 bridgehead atoms. The summed E-state index contributed by atoms with van der Waals surface area (Å²) in [5, 5.41) is 23.6. The first-order valence-electron chi connectivity index (χ1n) is 9.51. The van der Waals surface area contributed by atoms with E-state index in [2.05, 4.69) is 25.6 Å². The number of ether oxygens (including phenoxy) is 1. The molecule has 0 radical (unpaired) electrons. The fraction of sp³-hybridized carbons (Fsp3) is 0.250. The van der Waals surface area contributed by atoms with Gasteiger partial charge in [-0.2, -0.15) is 41.3 Å². The van der Waals surface area contributed by atoms with E-state index in [1.807, 2.05) is 0 Å². The van der Waals surface area contributed by atoms with E-state index in [9.17, 15) is 36.6 Å². The van der Waals surface area contributed by atoms with Gasteiger partial charge in [-0.25, -0.2) is 0 Å². The molecule has 2 aromatic carbocycles. The Labute approximate surface area is 188 Å². The third-order valence-corrected chi connectivity index (χ3v) is 4.21. The number of alkyl halides is 6. The van der Waals surface area contributed by atoms with Crippen molar-refractivity contribution in [1.29, 1.82) is 0 Å². The molecule has 0 aliphatic carbocycles. The fourth-order valence-electron chi connectivity index (χ4n) is 2.60. The first-order chi connectivity index (χ1) is 16.0. The number of aliphatic hydroxyl groups is 2. The molecule has 1 heterocycles. The summed E-state index contributed by atoms with van der Waals surface area (Å²) in [6.45, 7) is -1.05. The van der Waals surface area contributed by atoms with Gasteiger partial charge in [-0.05, 0) is 36.4 Å². The lowest BCUT2D eigenvalue weighted by molar-refractivity contribution is -0.138. The van der Waals surface area contributed by atoms with Crippen LogP contribution in [0.3, 0.4) is 0 Å². The molecule has 0 saturated carbocycles. The van der Waals surface area contributed by atoms with Crippen LogP contribution < -0.4 is 15.4 Å². The summed E-state index contributed by atoms with van der Waals surface area (Å²) >= 11 is 0. The molecule has 0 atom stereocenters. The van der Waals surface area contributed by atoms with E-state index in [1.165, 1.54) is 12.1 Å². The number of benzene rings is 2. The molecule has 4 N–H and O–H groups in total. The van der Waals surface area contributed by atoms with E-state index in [1.54, 1.807) is 0 Å². The molecule has 8 nitrogen and oxygen atoms in total. The number of nitrogens with one attached hydrogen (secondary N) is 2. The Kier molecular flexibility index (Phi) is 7.41. The molecule has 0 aliphatic rings. The quantitative estimate of drug-likeness (QED) is 0.348. The Morgan fingerprint density at radius 3 is 2.00 bits per heavy atom. The lowest BCUT2D eigenvalue weighted by atomic mass is 10.2. The van der Waals surface area contributed by atoms with E-state index in [-0.39, 0.29) is 23.3 Å². The molecule has 1 aromatic heterocycles. The van der Waals surface area contributed by atoms with E-state index in [4.69, 9.17) is 4.74 Å². The van der Waals surface area contributed by atoms with Gasteiger partial charge in [-0.3, -0.25) is 0 Å². The van der Waals surface area contributed by atoms with Gasteiger partial charge in [0.25, 0.3) is 0 Å². The van der Waals surface area contributed by atoms with Gasteiger partial charge in [0.2, 0.25) is 11.9 Å². The second-order valence-corrected chi connectivity index (χ2v) is 6.80. The summed E-state index contributed by atoms with van der Waals surface area (Å²) in [6, 6.07) is 6.58. The molecule has 0 aliphatic heterocycles. The van der Waals surface area contributed by atoms with Crippen LogP contribution in [0.1, 0.15) is 11.1 Å². The number of hydrogen-bond acceptors (Lipinski definition) is 8. The Balaban J connectivity index is 1.94. The molecule has 14 heteroatoms. The van der Waals surface area contributed by atoms with E-state index in [0.717, 1.165) is 30.3 Å². The lowest BCUT2D eigenvalue weighted by Crippen LogP contribution is -2.28. The first-order valence-corrected chi connectivity index (χ1v) is 9.51. The zero-order valence-corrected chi connectivity index (χ0v) is 17.0. The number of nitrogens with zero attached hydrogens (tertiary/aromatic N) is 3. The fourth-order valence-corrected chi connectivity index (χ4v) is 2.60. The van der Waals surface area contributed by atoms with Crippen LogP contribution in [0.5, 0.6) is 11.8 Å². The van der Waals surface area contributed by atoms with Crippen LogP contribution in [-0.2, 0) is 12.4 Å². The average molecular weight is 489 g/mol. The molecule has 0 spiro atoms. The molecule has 0 fully saturated rings. The van der Waals surface area contributed by atoms with Gasteiger partial charge in [0.1, 0.15) is 5.75 Å². The second-order valence-electron chi connectivity index (χ2n) is 6.80. The number of hydrogen-bond donors (Lipinski definition) is 4. The first kappa shape index (κ1) is 25.0. The van der Waals surface area contributed by atoms with Crippen molar-refractivity contribution in [3.63, 3.8) is 0 Å². The van der Waals surface area contributed by atoms with Gasteiger partial charge >= 0.3 is 18.4 Å². The van der Waals surface area contributed by atoms with Crippen LogP contribution in [0, 0.1) is 0 Å². The van der Waals surface area contributed by atoms with E-state index < -0.39 is 48.7 Å². The number of aliphatic hydroxyl groups excluding tert-OH is 2. The molecule has 3 aromatic rings. The Hall–Kier alpha value is -3.65. The normalized spacial score (nSPS) is 12.0. The van der Waals surface area contributed by atoms with Crippen LogP contribution in [0.25, 0.3) is 0 Å². The number of anilines is 3. The number of rotatable bonds is 8. The maximum atomic E-state index is 13.0. The predicted molar refractivity (Wildman–Crippen MR) is 108 cm³/mol. The van der Waals surface area contributed by atoms with Crippen molar-refractivity contribution in [2.24, 2.45) is 0 Å². The Bertz CT molecular complexity index is 1040. The zero-order chi connectivity index (χ0) is 24.9. The number of aromatic nitrogens is 3. The van der Waals surface area contributed by atoms with Gasteiger partial charge in [0.05, 0.1) is 30.4 Å². The summed E-state index contributed by atoms with van der Waals surface area (Å²) in [5.41, 5.74) is -1.97. The van der Waals surface area contributed by atoms with Crippen molar-refractivity contribution in [3.05, 3.63) is 59.7 Å². The van der Waals surface area contributed by atoms with Gasteiger partial charge in [0, 0.05) is 5.69 Å². The van der Waals surface area contributed by atoms with Crippen molar-refractivity contribution in [2.45, 2.75) is 18.4 Å². The third-order valence-electron chi connectivity index (χ3n) is 4.21. The highest BCUT2D eigenvalue weighted by molar-refractivity contribution is 5.56. The van der Waals surface area contributed by atoms with Crippen LogP contribution in [-0.4, -0.2) is 44.4 Å². The minimum Gasteiger partial charge on any atom is -0.424 e. The van der Waals surface area contributed by atoms with Crippen LogP contribution in [0.4, 0.5) is 43.9 Å². The highest BCUT2D eigenvalue weighted by Crippen LogP contribution is 2.33. The van der Waals surface area contributed by atoms with E-state index >= 15 is 0 Å². The molecule has 34 heavy (non-hydrogen) atoms. The maximum absolute atomic E-state index is 13.0. The standard InChI is InChI=1S/C20H17F6N5O3/c21-19(22,23)11-3-1-5-13(7-11)27-16-29-17(28-14(9-32)10-33)31-18(30-16)34-15-6-2-4-12(8-15)20(24,25)26/h1-8,14,32-33H,9-10H2,(H2,27,28,29,30,31). The molecule has 182 valence electrons. The monoisotopic (exact) mass is 489 g/mol. The van der Waals surface area contributed by atoms with Crippen molar-refractivity contribution in [2.75, 3.05) is 23.8 Å². The van der Waals surface area contributed by atoms with Crippen molar-refractivity contribution < 1.29 is 41.3 Å². The maximum Gasteiger partial charge on any atom is 0.416 e. The van der Waals surface area contributed by atoms with E-state index in [0.29, 0.717) is 6.07 Å². The molecular weight excluding hydrogens is 472 g/mol. The minimum absolute atomic E-state index is 0.0436. The zero-order valence-electron chi connectivity index (χ0n) is 17.0. The summed E-state index contributed by atoms with van der Waals surface area (Å²) in [4.78, 5) is 11.7. The van der Waals surface area contributed by atoms with Gasteiger partial charge in [-0.15, -0.1) is 0 Å². The Morgan fingerprint density at radius 1 is 0.794 bits per heavy atom. The highest BCUT2D eigenvalue weighted by atomic mass is 19.4. The van der Waals surface area contributed by atoms with Crippen LogP contribution in [0.15, 0.2) is 48.5 Å². The van der Waals surface area contributed by atoms with Gasteiger partial charge in [-0.1, -0.05) is 12.1 Å².